The van der Waals surface area contributed by atoms with Crippen LogP contribution in [0.2, 0.25) is 0 Å². The number of nitrogens with one attached hydrogen (secondary N) is 1. The van der Waals surface area contributed by atoms with E-state index in [0.717, 1.165) is 48.3 Å². The quantitative estimate of drug-likeness (QED) is 0.525. The van der Waals surface area contributed by atoms with Crippen molar-refractivity contribution in [3.8, 4) is 11.1 Å². The molecule has 1 N–H and O–H groups in total. The first-order valence-electron chi connectivity index (χ1n) is 11.8. The summed E-state index contributed by atoms with van der Waals surface area (Å²) in [5.41, 5.74) is 4.02. The van der Waals surface area contributed by atoms with Crippen molar-refractivity contribution in [1.82, 2.24) is 20.3 Å². The topological polar surface area (TPSA) is 67.8 Å². The number of amides is 1. The minimum absolute atomic E-state index is 0.0555. The average molecular weight is 447 g/mol. The minimum Gasteiger partial charge on any atom is -0.356 e. The molecule has 0 unspecified atom stereocenters. The van der Waals surface area contributed by atoms with Crippen LogP contribution in [0.25, 0.3) is 11.1 Å². The Balaban J connectivity index is 1.37. The summed E-state index contributed by atoms with van der Waals surface area (Å²) >= 11 is 0. The van der Waals surface area contributed by atoms with E-state index in [1.807, 2.05) is 18.3 Å². The third-order valence-electron chi connectivity index (χ3n) is 6.42. The van der Waals surface area contributed by atoms with Crippen molar-refractivity contribution < 1.29 is 9.18 Å². The predicted molar refractivity (Wildman–Crippen MR) is 127 cm³/mol. The van der Waals surface area contributed by atoms with Crippen molar-refractivity contribution in [2.45, 2.75) is 57.8 Å². The first-order valence-corrected chi connectivity index (χ1v) is 11.8. The summed E-state index contributed by atoms with van der Waals surface area (Å²) in [5, 5.41) is 3.04. The van der Waals surface area contributed by atoms with E-state index in [2.05, 4.69) is 29.1 Å². The molecule has 3 aromatic rings. The van der Waals surface area contributed by atoms with Gasteiger partial charge in [0, 0.05) is 42.5 Å². The Morgan fingerprint density at radius 3 is 2.58 bits per heavy atom. The van der Waals surface area contributed by atoms with Gasteiger partial charge in [0.2, 0.25) is 5.91 Å². The molecular formula is C27H31FN4O. The second kappa shape index (κ2) is 10.6. The number of carbonyl (C=O) groups is 1. The van der Waals surface area contributed by atoms with Gasteiger partial charge < -0.3 is 5.32 Å². The maximum Gasteiger partial charge on any atom is 0.224 e. The molecule has 5 nitrogen and oxygen atoms in total. The van der Waals surface area contributed by atoms with Gasteiger partial charge in [-0.15, -0.1) is 0 Å². The average Bonchev–Trinajstić information content (AvgIpc) is 2.83. The van der Waals surface area contributed by atoms with Crippen LogP contribution in [0, 0.1) is 11.7 Å². The van der Waals surface area contributed by atoms with Crippen LogP contribution in [0.1, 0.15) is 68.4 Å². The lowest BCUT2D eigenvalue weighted by Crippen LogP contribution is -2.32. The van der Waals surface area contributed by atoms with E-state index >= 15 is 0 Å². The van der Waals surface area contributed by atoms with E-state index in [4.69, 9.17) is 4.98 Å². The van der Waals surface area contributed by atoms with Crippen LogP contribution < -0.4 is 5.32 Å². The molecule has 0 aliphatic heterocycles. The Labute approximate surface area is 194 Å². The zero-order valence-corrected chi connectivity index (χ0v) is 19.3. The summed E-state index contributed by atoms with van der Waals surface area (Å²) in [6.45, 7) is 4.91. The maximum atomic E-state index is 13.3. The van der Waals surface area contributed by atoms with Crippen LogP contribution in [0.5, 0.6) is 0 Å². The van der Waals surface area contributed by atoms with Crippen LogP contribution >= 0.6 is 0 Å². The second-order valence-electron chi connectivity index (χ2n) is 9.25. The summed E-state index contributed by atoms with van der Waals surface area (Å²) in [6, 6.07) is 10.2. The fourth-order valence-electron chi connectivity index (χ4n) is 4.55. The van der Waals surface area contributed by atoms with Crippen molar-refractivity contribution in [2.75, 3.05) is 6.54 Å². The third kappa shape index (κ3) is 6.01. The molecular weight excluding hydrogens is 415 g/mol. The van der Waals surface area contributed by atoms with Crippen molar-refractivity contribution >= 4 is 5.91 Å². The third-order valence-corrected chi connectivity index (χ3v) is 6.42. The Morgan fingerprint density at radius 1 is 1.12 bits per heavy atom. The highest BCUT2D eigenvalue weighted by Crippen LogP contribution is 2.39. The monoisotopic (exact) mass is 446 g/mol. The minimum atomic E-state index is -0.310. The standard InChI is InChI=1S/C27H31FN4O/c1-18(2)27-31-17-24(21-10-12-29-13-11-21)26(32-27)22-8-6-19(7-9-22)16-30-25(33)15-20-4-3-5-23(28)14-20/h3-5,10-14,17-19,22H,6-9,15-16H2,1-2H3,(H,30,33). The maximum absolute atomic E-state index is 13.3. The molecule has 1 aliphatic carbocycles. The highest BCUT2D eigenvalue weighted by molar-refractivity contribution is 5.78. The Kier molecular flexibility index (Phi) is 7.43. The first-order chi connectivity index (χ1) is 16.0. The zero-order chi connectivity index (χ0) is 23.2. The molecule has 1 aliphatic rings. The zero-order valence-electron chi connectivity index (χ0n) is 19.3. The summed E-state index contributed by atoms with van der Waals surface area (Å²) < 4.78 is 13.3. The lowest BCUT2D eigenvalue weighted by molar-refractivity contribution is -0.120. The SMILES string of the molecule is CC(C)c1ncc(-c2ccncc2)c(C2CCC(CNC(=O)Cc3cccc(F)c3)CC2)n1. The van der Waals surface area contributed by atoms with E-state index < -0.39 is 0 Å². The summed E-state index contributed by atoms with van der Waals surface area (Å²) in [6.07, 6.45) is 9.95. The normalized spacial score (nSPS) is 18.3. The molecule has 1 saturated carbocycles. The largest absolute Gasteiger partial charge is 0.356 e. The molecule has 2 heterocycles. The lowest BCUT2D eigenvalue weighted by atomic mass is 9.79. The van der Waals surface area contributed by atoms with Crippen molar-refractivity contribution in [3.63, 3.8) is 0 Å². The van der Waals surface area contributed by atoms with Gasteiger partial charge >= 0.3 is 0 Å². The van der Waals surface area contributed by atoms with Gasteiger partial charge in [0.05, 0.1) is 12.1 Å². The van der Waals surface area contributed by atoms with Crippen LogP contribution in [0.15, 0.2) is 55.0 Å². The van der Waals surface area contributed by atoms with Crippen LogP contribution in [0.4, 0.5) is 4.39 Å². The number of benzene rings is 1. The van der Waals surface area contributed by atoms with Crippen molar-refractivity contribution in [1.29, 1.82) is 0 Å². The van der Waals surface area contributed by atoms with Crippen LogP contribution in [-0.2, 0) is 11.2 Å². The molecule has 0 saturated heterocycles. The summed E-state index contributed by atoms with van der Waals surface area (Å²) in [4.78, 5) is 26.0. The van der Waals surface area contributed by atoms with Gasteiger partial charge in [-0.25, -0.2) is 14.4 Å². The Hall–Kier alpha value is -3.15. The lowest BCUT2D eigenvalue weighted by Gasteiger charge is -2.29. The number of pyridine rings is 1. The fourth-order valence-corrected chi connectivity index (χ4v) is 4.55. The van der Waals surface area contributed by atoms with Gasteiger partial charge in [-0.05, 0) is 67.0 Å². The molecule has 2 aromatic heterocycles. The van der Waals surface area contributed by atoms with Gasteiger partial charge in [-0.2, -0.15) is 0 Å². The molecule has 0 radical (unpaired) electrons. The molecule has 0 bridgehead atoms. The van der Waals surface area contributed by atoms with Gasteiger partial charge in [-0.1, -0.05) is 26.0 Å². The van der Waals surface area contributed by atoms with Crippen LogP contribution in [-0.4, -0.2) is 27.4 Å². The number of halogens is 1. The van der Waals surface area contributed by atoms with Gasteiger partial charge in [0.1, 0.15) is 11.6 Å². The van der Waals surface area contributed by atoms with Crippen molar-refractivity contribution in [2.24, 2.45) is 5.92 Å². The summed E-state index contributed by atoms with van der Waals surface area (Å²) in [7, 11) is 0. The highest BCUT2D eigenvalue weighted by atomic mass is 19.1. The van der Waals surface area contributed by atoms with Gasteiger partial charge in [0.15, 0.2) is 0 Å². The number of rotatable bonds is 7. The summed E-state index contributed by atoms with van der Waals surface area (Å²) in [5.74, 6) is 1.63. The highest BCUT2D eigenvalue weighted by Gasteiger charge is 2.26. The Bertz CT molecular complexity index is 1080. The fraction of sp³-hybridized carbons (Fsp3) is 0.407. The molecule has 1 fully saturated rings. The van der Waals surface area contributed by atoms with E-state index in [9.17, 15) is 9.18 Å². The molecule has 33 heavy (non-hydrogen) atoms. The Morgan fingerprint density at radius 2 is 1.88 bits per heavy atom. The number of aromatic nitrogens is 3. The molecule has 172 valence electrons. The number of carbonyl (C=O) groups excluding carboxylic acids is 1. The molecule has 1 aromatic carbocycles. The molecule has 0 spiro atoms. The van der Waals surface area contributed by atoms with Crippen LogP contribution in [0.3, 0.4) is 0 Å². The molecule has 6 heteroatoms. The van der Waals surface area contributed by atoms with Gasteiger partial charge in [-0.3, -0.25) is 9.78 Å². The van der Waals surface area contributed by atoms with E-state index in [-0.39, 0.29) is 24.1 Å². The number of hydrogen-bond donors (Lipinski definition) is 1. The molecule has 4 rings (SSSR count). The smallest absolute Gasteiger partial charge is 0.224 e. The van der Waals surface area contributed by atoms with E-state index in [0.29, 0.717) is 23.9 Å². The number of hydrogen-bond acceptors (Lipinski definition) is 4. The molecule has 1 amide bonds. The van der Waals surface area contributed by atoms with E-state index in [1.165, 1.54) is 12.1 Å². The number of nitrogens with zero attached hydrogens (tertiary/aromatic N) is 3. The predicted octanol–water partition coefficient (Wildman–Crippen LogP) is 5.43. The van der Waals surface area contributed by atoms with Crippen molar-refractivity contribution in [3.05, 3.63) is 77.9 Å². The molecule has 0 atom stereocenters. The van der Waals surface area contributed by atoms with E-state index in [1.54, 1.807) is 24.5 Å². The first kappa shape index (κ1) is 23.0. The second-order valence-corrected chi connectivity index (χ2v) is 9.25. The van der Waals surface area contributed by atoms with Gasteiger partial charge in [0.25, 0.3) is 0 Å².